The van der Waals surface area contributed by atoms with Crippen LogP contribution in [0.15, 0.2) is 29.3 Å². The summed E-state index contributed by atoms with van der Waals surface area (Å²) in [5, 5.41) is 8.53. The first-order valence-electron chi connectivity index (χ1n) is 7.46. The van der Waals surface area contributed by atoms with Gasteiger partial charge < -0.3 is 10.6 Å². The summed E-state index contributed by atoms with van der Waals surface area (Å²) in [6.07, 6.45) is 6.86. The van der Waals surface area contributed by atoms with Crippen LogP contribution in [0.1, 0.15) is 24.8 Å². The number of benzene rings is 1. The SMILES string of the molecule is CN=C(NCCc1ccccc1Cl)NC1CCC(SC)C1. The van der Waals surface area contributed by atoms with Crippen LogP contribution in [0.4, 0.5) is 0 Å². The molecule has 0 amide bonds. The van der Waals surface area contributed by atoms with E-state index in [4.69, 9.17) is 11.6 Å². The molecule has 0 aliphatic heterocycles. The summed E-state index contributed by atoms with van der Waals surface area (Å²) >= 11 is 8.14. The molecule has 1 aromatic rings. The van der Waals surface area contributed by atoms with Gasteiger partial charge in [-0.15, -0.1) is 0 Å². The number of guanidine groups is 1. The molecule has 2 unspecified atom stereocenters. The van der Waals surface area contributed by atoms with Crippen molar-refractivity contribution in [3.05, 3.63) is 34.9 Å². The molecule has 0 spiro atoms. The highest BCUT2D eigenvalue weighted by Gasteiger charge is 2.24. The normalized spacial score (nSPS) is 22.3. The van der Waals surface area contributed by atoms with Crippen LogP contribution < -0.4 is 10.6 Å². The van der Waals surface area contributed by atoms with Gasteiger partial charge in [0.1, 0.15) is 0 Å². The monoisotopic (exact) mass is 325 g/mol. The van der Waals surface area contributed by atoms with Gasteiger partial charge >= 0.3 is 0 Å². The zero-order valence-electron chi connectivity index (χ0n) is 12.7. The van der Waals surface area contributed by atoms with Crippen molar-refractivity contribution in [2.75, 3.05) is 19.8 Å². The molecule has 0 heterocycles. The first kappa shape index (κ1) is 16.5. The van der Waals surface area contributed by atoms with E-state index < -0.39 is 0 Å². The lowest BCUT2D eigenvalue weighted by molar-refractivity contribution is 0.614. The molecule has 1 saturated carbocycles. The first-order valence-corrected chi connectivity index (χ1v) is 9.13. The zero-order chi connectivity index (χ0) is 15.1. The molecule has 3 nitrogen and oxygen atoms in total. The van der Waals surface area contributed by atoms with Gasteiger partial charge in [-0.3, -0.25) is 4.99 Å². The van der Waals surface area contributed by atoms with Gasteiger partial charge in [0.15, 0.2) is 5.96 Å². The maximum absolute atomic E-state index is 6.17. The Labute approximate surface area is 136 Å². The fraction of sp³-hybridized carbons (Fsp3) is 0.562. The van der Waals surface area contributed by atoms with Crippen LogP contribution in [0.25, 0.3) is 0 Å². The summed E-state index contributed by atoms with van der Waals surface area (Å²) in [5.41, 5.74) is 1.17. The van der Waals surface area contributed by atoms with Crippen LogP contribution in [0.3, 0.4) is 0 Å². The van der Waals surface area contributed by atoms with Crippen LogP contribution in [-0.2, 0) is 6.42 Å². The molecule has 1 fully saturated rings. The Morgan fingerprint density at radius 1 is 1.38 bits per heavy atom. The van der Waals surface area contributed by atoms with Crippen molar-refractivity contribution in [1.29, 1.82) is 0 Å². The number of hydrogen-bond donors (Lipinski definition) is 2. The van der Waals surface area contributed by atoms with Crippen molar-refractivity contribution in [3.8, 4) is 0 Å². The average Bonchev–Trinajstić information content (AvgIpc) is 2.96. The summed E-state index contributed by atoms with van der Waals surface area (Å²) in [5.74, 6) is 0.897. The lowest BCUT2D eigenvalue weighted by atomic mass is 10.1. The largest absolute Gasteiger partial charge is 0.356 e. The Kier molecular flexibility index (Phi) is 6.71. The lowest BCUT2D eigenvalue weighted by Crippen LogP contribution is -2.43. The highest BCUT2D eigenvalue weighted by molar-refractivity contribution is 7.99. The molecular weight excluding hydrogens is 302 g/mol. The number of halogens is 1. The fourth-order valence-electron chi connectivity index (χ4n) is 2.69. The van der Waals surface area contributed by atoms with Crippen LogP contribution in [0.5, 0.6) is 0 Å². The number of nitrogens with zero attached hydrogens (tertiary/aromatic N) is 1. The number of nitrogens with one attached hydrogen (secondary N) is 2. The Hall–Kier alpha value is -0.870. The maximum Gasteiger partial charge on any atom is 0.191 e. The third-order valence-corrected chi connectivity index (χ3v) is 5.39. The Morgan fingerprint density at radius 2 is 2.19 bits per heavy atom. The number of rotatable bonds is 5. The Balaban J connectivity index is 1.75. The average molecular weight is 326 g/mol. The fourth-order valence-corrected chi connectivity index (χ4v) is 3.72. The molecule has 0 radical (unpaired) electrons. The molecule has 1 aliphatic carbocycles. The topological polar surface area (TPSA) is 36.4 Å². The van der Waals surface area contributed by atoms with Crippen molar-refractivity contribution in [3.63, 3.8) is 0 Å². The molecule has 0 saturated heterocycles. The molecule has 2 rings (SSSR count). The lowest BCUT2D eigenvalue weighted by Gasteiger charge is -2.17. The maximum atomic E-state index is 6.17. The van der Waals surface area contributed by atoms with Crippen molar-refractivity contribution in [2.24, 2.45) is 4.99 Å². The quantitative estimate of drug-likeness (QED) is 0.644. The molecule has 1 aliphatic rings. The number of aliphatic imine (C=N–C) groups is 1. The van der Waals surface area contributed by atoms with Gasteiger partial charge in [-0.25, -0.2) is 0 Å². The van der Waals surface area contributed by atoms with E-state index >= 15 is 0 Å². The Morgan fingerprint density at radius 3 is 2.86 bits per heavy atom. The molecule has 116 valence electrons. The molecule has 1 aromatic carbocycles. The van der Waals surface area contributed by atoms with Crippen molar-refractivity contribution >= 4 is 29.3 Å². The summed E-state index contributed by atoms with van der Waals surface area (Å²) in [6, 6.07) is 8.54. The first-order chi connectivity index (χ1) is 10.2. The van der Waals surface area contributed by atoms with Gasteiger partial charge in [-0.1, -0.05) is 29.8 Å². The molecule has 2 N–H and O–H groups in total. The highest BCUT2D eigenvalue weighted by Crippen LogP contribution is 2.27. The molecule has 0 bridgehead atoms. The minimum absolute atomic E-state index is 0.550. The van der Waals surface area contributed by atoms with Crippen molar-refractivity contribution in [2.45, 2.75) is 37.0 Å². The van der Waals surface area contributed by atoms with Crippen LogP contribution in [0.2, 0.25) is 5.02 Å². The predicted octanol–water partition coefficient (Wildman–Crippen LogP) is 3.33. The molecule has 2 atom stereocenters. The van der Waals surface area contributed by atoms with Gasteiger partial charge in [0.2, 0.25) is 0 Å². The molecule has 21 heavy (non-hydrogen) atoms. The number of hydrogen-bond acceptors (Lipinski definition) is 2. The minimum Gasteiger partial charge on any atom is -0.356 e. The van der Waals surface area contributed by atoms with Gasteiger partial charge in [-0.2, -0.15) is 11.8 Å². The smallest absolute Gasteiger partial charge is 0.191 e. The summed E-state index contributed by atoms with van der Waals surface area (Å²) in [4.78, 5) is 4.31. The summed E-state index contributed by atoms with van der Waals surface area (Å²) in [7, 11) is 1.83. The van der Waals surface area contributed by atoms with Crippen LogP contribution in [0, 0.1) is 0 Å². The van der Waals surface area contributed by atoms with E-state index in [9.17, 15) is 0 Å². The van der Waals surface area contributed by atoms with Gasteiger partial charge in [-0.05, 0) is 43.6 Å². The van der Waals surface area contributed by atoms with E-state index in [1.807, 2.05) is 37.0 Å². The van der Waals surface area contributed by atoms with Crippen molar-refractivity contribution < 1.29 is 0 Å². The minimum atomic E-state index is 0.550. The third-order valence-electron chi connectivity index (χ3n) is 3.93. The highest BCUT2D eigenvalue weighted by atomic mass is 35.5. The van der Waals surface area contributed by atoms with Gasteiger partial charge in [0.05, 0.1) is 0 Å². The Bertz CT molecular complexity index is 478. The third kappa shape index (κ3) is 5.11. The predicted molar refractivity (Wildman–Crippen MR) is 94.6 cm³/mol. The van der Waals surface area contributed by atoms with Gasteiger partial charge in [0.25, 0.3) is 0 Å². The standard InChI is InChI=1S/C16H24ClN3S/c1-18-16(20-13-7-8-14(11-13)21-2)19-10-9-12-5-3-4-6-15(12)17/h3-6,13-14H,7-11H2,1-2H3,(H2,18,19,20). The van der Waals surface area contributed by atoms with E-state index in [-0.39, 0.29) is 0 Å². The van der Waals surface area contributed by atoms with Crippen molar-refractivity contribution in [1.82, 2.24) is 10.6 Å². The van der Waals surface area contributed by atoms with E-state index in [1.54, 1.807) is 0 Å². The second kappa shape index (κ2) is 8.54. The second-order valence-corrected chi connectivity index (χ2v) is 6.90. The second-order valence-electron chi connectivity index (χ2n) is 5.35. The number of thioether (sulfide) groups is 1. The molecule has 0 aromatic heterocycles. The van der Waals surface area contributed by atoms with E-state index in [2.05, 4.69) is 27.9 Å². The van der Waals surface area contributed by atoms with Gasteiger partial charge in [0, 0.05) is 29.9 Å². The molecular formula is C16H24ClN3S. The summed E-state index contributed by atoms with van der Waals surface area (Å²) < 4.78 is 0. The van der Waals surface area contributed by atoms with E-state index in [0.717, 1.165) is 29.2 Å². The van der Waals surface area contributed by atoms with Crippen LogP contribution in [-0.4, -0.2) is 37.1 Å². The van der Waals surface area contributed by atoms with E-state index in [1.165, 1.54) is 24.8 Å². The zero-order valence-corrected chi connectivity index (χ0v) is 14.3. The van der Waals surface area contributed by atoms with Crippen LogP contribution >= 0.6 is 23.4 Å². The summed E-state index contributed by atoms with van der Waals surface area (Å²) in [6.45, 7) is 0.835. The van der Waals surface area contributed by atoms with E-state index in [0.29, 0.717) is 6.04 Å². The molecule has 5 heteroatoms.